The quantitative estimate of drug-likeness (QED) is 0.479. The van der Waals surface area contributed by atoms with Crippen LogP contribution in [-0.4, -0.2) is 43.7 Å². The lowest BCUT2D eigenvalue weighted by Crippen LogP contribution is -2.41. The fourth-order valence-corrected chi connectivity index (χ4v) is 2.73. The maximum Gasteiger partial charge on any atom is 0.250 e. The summed E-state index contributed by atoms with van der Waals surface area (Å²) in [4.78, 5) is 13.3. The Morgan fingerprint density at radius 2 is 2.17 bits per heavy atom. The van der Waals surface area contributed by atoms with Crippen LogP contribution >= 0.6 is 0 Å². The second kappa shape index (κ2) is 4.38. The standard InChI is InChI=1S/C12H17NO5/c1-12(18)8(4-6(5-14)10(12)16)7-2-3-9(15)13-11(7)17/h2-3,6,8,10,14,16,18H,4-5H2,1H3,(H2,13,15,17)/t6-,8+,10-,12+/m1/s1. The van der Waals surface area contributed by atoms with Gasteiger partial charge in [0.05, 0.1) is 11.7 Å². The summed E-state index contributed by atoms with van der Waals surface area (Å²) in [6.07, 6.45) is -0.733. The molecule has 5 N–H and O–H groups in total. The van der Waals surface area contributed by atoms with E-state index in [2.05, 4.69) is 4.98 Å². The zero-order chi connectivity index (χ0) is 13.5. The third kappa shape index (κ3) is 1.92. The number of hydrogen-bond donors (Lipinski definition) is 5. The van der Waals surface area contributed by atoms with E-state index in [4.69, 9.17) is 5.11 Å². The number of aromatic hydroxyl groups is 1. The number of rotatable bonds is 2. The van der Waals surface area contributed by atoms with Crippen molar-refractivity contribution in [2.24, 2.45) is 5.92 Å². The zero-order valence-corrected chi connectivity index (χ0v) is 10.00. The first kappa shape index (κ1) is 13.1. The molecule has 1 aliphatic carbocycles. The number of aromatic amines is 1. The monoisotopic (exact) mass is 255 g/mol. The van der Waals surface area contributed by atoms with Crippen molar-refractivity contribution in [2.45, 2.75) is 31.0 Å². The maximum absolute atomic E-state index is 11.0. The first-order chi connectivity index (χ1) is 8.37. The second-order valence-electron chi connectivity index (χ2n) is 5.03. The van der Waals surface area contributed by atoms with Crippen molar-refractivity contribution in [3.8, 4) is 5.88 Å². The molecule has 0 saturated heterocycles. The molecule has 0 bridgehead atoms. The lowest BCUT2D eigenvalue weighted by molar-refractivity contribution is -0.0687. The average Bonchev–Trinajstić information content (AvgIpc) is 2.52. The smallest absolute Gasteiger partial charge is 0.250 e. The summed E-state index contributed by atoms with van der Waals surface area (Å²) in [5.41, 5.74) is -1.52. The van der Waals surface area contributed by atoms with Crippen molar-refractivity contribution in [2.75, 3.05) is 6.61 Å². The molecule has 0 aliphatic heterocycles. The number of aliphatic hydroxyl groups is 3. The molecular weight excluding hydrogens is 238 g/mol. The predicted molar refractivity (Wildman–Crippen MR) is 63.3 cm³/mol. The van der Waals surface area contributed by atoms with Gasteiger partial charge in [-0.2, -0.15) is 0 Å². The van der Waals surface area contributed by atoms with Gasteiger partial charge in [-0.05, 0) is 19.4 Å². The molecule has 1 aromatic heterocycles. The Balaban J connectivity index is 2.42. The predicted octanol–water partition coefficient (Wildman–Crippen LogP) is -0.712. The molecule has 1 fully saturated rings. The lowest BCUT2D eigenvalue weighted by Gasteiger charge is -2.29. The zero-order valence-electron chi connectivity index (χ0n) is 10.00. The van der Waals surface area contributed by atoms with Gasteiger partial charge in [0.25, 0.3) is 5.56 Å². The summed E-state index contributed by atoms with van der Waals surface area (Å²) in [5, 5.41) is 39.1. The molecule has 0 spiro atoms. The van der Waals surface area contributed by atoms with Crippen LogP contribution in [-0.2, 0) is 0 Å². The number of aromatic nitrogens is 1. The van der Waals surface area contributed by atoms with E-state index in [0.29, 0.717) is 12.0 Å². The second-order valence-corrected chi connectivity index (χ2v) is 5.03. The molecule has 6 heteroatoms. The van der Waals surface area contributed by atoms with Crippen LogP contribution in [0.15, 0.2) is 16.9 Å². The Hall–Kier alpha value is -1.37. The molecule has 0 aromatic carbocycles. The molecule has 1 saturated carbocycles. The topological polar surface area (TPSA) is 114 Å². The number of H-pyrrole nitrogens is 1. The highest BCUT2D eigenvalue weighted by Gasteiger charge is 2.51. The van der Waals surface area contributed by atoms with Gasteiger partial charge in [0.15, 0.2) is 5.88 Å². The first-order valence-corrected chi connectivity index (χ1v) is 5.81. The molecule has 1 aliphatic rings. The molecule has 0 amide bonds. The van der Waals surface area contributed by atoms with E-state index < -0.39 is 29.1 Å². The Morgan fingerprint density at radius 3 is 2.67 bits per heavy atom. The van der Waals surface area contributed by atoms with Crippen LogP contribution in [0, 0.1) is 5.92 Å². The molecule has 18 heavy (non-hydrogen) atoms. The molecule has 100 valence electrons. The number of aliphatic hydroxyl groups excluding tert-OH is 2. The van der Waals surface area contributed by atoms with E-state index >= 15 is 0 Å². The van der Waals surface area contributed by atoms with Crippen LogP contribution in [0.5, 0.6) is 5.88 Å². The Kier molecular flexibility index (Phi) is 3.18. The fraction of sp³-hybridized carbons (Fsp3) is 0.583. The van der Waals surface area contributed by atoms with E-state index in [1.807, 2.05) is 0 Å². The third-order valence-electron chi connectivity index (χ3n) is 3.83. The minimum atomic E-state index is -1.46. The highest BCUT2D eigenvalue weighted by molar-refractivity contribution is 5.33. The van der Waals surface area contributed by atoms with Crippen LogP contribution < -0.4 is 5.56 Å². The van der Waals surface area contributed by atoms with Crippen LogP contribution in [0.25, 0.3) is 0 Å². The largest absolute Gasteiger partial charge is 0.494 e. The lowest BCUT2D eigenvalue weighted by atomic mass is 9.86. The van der Waals surface area contributed by atoms with Crippen LogP contribution in [0.3, 0.4) is 0 Å². The van der Waals surface area contributed by atoms with Crippen molar-refractivity contribution in [3.05, 3.63) is 28.0 Å². The molecule has 1 heterocycles. The summed E-state index contributed by atoms with van der Waals surface area (Å²) in [6.45, 7) is 1.22. The van der Waals surface area contributed by atoms with Crippen molar-refractivity contribution in [3.63, 3.8) is 0 Å². The highest BCUT2D eigenvalue weighted by atomic mass is 16.3. The van der Waals surface area contributed by atoms with E-state index in [1.54, 1.807) is 0 Å². The molecule has 0 unspecified atom stereocenters. The van der Waals surface area contributed by atoms with Gasteiger partial charge >= 0.3 is 0 Å². The Bertz CT molecular complexity index is 495. The number of hydrogen-bond acceptors (Lipinski definition) is 5. The van der Waals surface area contributed by atoms with Gasteiger partial charge in [-0.15, -0.1) is 0 Å². The van der Waals surface area contributed by atoms with E-state index in [9.17, 15) is 20.1 Å². The summed E-state index contributed by atoms with van der Waals surface area (Å²) in [7, 11) is 0. The van der Waals surface area contributed by atoms with Crippen molar-refractivity contribution in [1.82, 2.24) is 4.98 Å². The minimum Gasteiger partial charge on any atom is -0.494 e. The van der Waals surface area contributed by atoms with Crippen molar-refractivity contribution in [1.29, 1.82) is 0 Å². The van der Waals surface area contributed by atoms with Gasteiger partial charge in [0, 0.05) is 30.1 Å². The first-order valence-electron chi connectivity index (χ1n) is 5.81. The minimum absolute atomic E-state index is 0.238. The molecular formula is C12H17NO5. The maximum atomic E-state index is 11.0. The molecule has 4 atom stereocenters. The number of pyridine rings is 1. The van der Waals surface area contributed by atoms with Gasteiger partial charge in [-0.1, -0.05) is 0 Å². The van der Waals surface area contributed by atoms with Gasteiger partial charge in [-0.25, -0.2) is 0 Å². The van der Waals surface area contributed by atoms with Gasteiger partial charge in [0.1, 0.15) is 0 Å². The third-order valence-corrected chi connectivity index (χ3v) is 3.83. The van der Waals surface area contributed by atoms with Crippen LogP contribution in [0.1, 0.15) is 24.8 Å². The van der Waals surface area contributed by atoms with E-state index in [0.717, 1.165) is 0 Å². The van der Waals surface area contributed by atoms with Crippen LogP contribution in [0.4, 0.5) is 0 Å². The van der Waals surface area contributed by atoms with Crippen molar-refractivity contribution < 1.29 is 20.4 Å². The number of nitrogens with one attached hydrogen (secondary N) is 1. The SMILES string of the molecule is C[C@@]1(O)[C@H](O)[C@@H](CO)C[C@H]1c1ccc(=O)[nH]c1O. The Labute approximate surface area is 104 Å². The highest BCUT2D eigenvalue weighted by Crippen LogP contribution is 2.47. The van der Waals surface area contributed by atoms with Crippen molar-refractivity contribution >= 4 is 0 Å². The summed E-state index contributed by atoms with van der Waals surface area (Å²) in [5.74, 6) is -1.30. The van der Waals surface area contributed by atoms with E-state index in [1.165, 1.54) is 19.1 Å². The normalized spacial score (nSPS) is 35.9. The fourth-order valence-electron chi connectivity index (χ4n) is 2.73. The molecule has 1 aromatic rings. The Morgan fingerprint density at radius 1 is 1.50 bits per heavy atom. The molecule has 6 nitrogen and oxygen atoms in total. The summed E-state index contributed by atoms with van der Waals surface area (Å²) >= 11 is 0. The average molecular weight is 255 g/mol. The van der Waals surface area contributed by atoms with Gasteiger partial charge in [0.2, 0.25) is 0 Å². The molecule has 2 rings (SSSR count). The van der Waals surface area contributed by atoms with Gasteiger partial charge < -0.3 is 20.4 Å². The molecule has 0 radical (unpaired) electrons. The van der Waals surface area contributed by atoms with Crippen LogP contribution in [0.2, 0.25) is 0 Å². The summed E-state index contributed by atoms with van der Waals surface area (Å²) in [6, 6.07) is 2.68. The van der Waals surface area contributed by atoms with E-state index in [-0.39, 0.29) is 12.5 Å². The van der Waals surface area contributed by atoms with Gasteiger partial charge in [-0.3, -0.25) is 9.78 Å². The summed E-state index contributed by atoms with van der Waals surface area (Å²) < 4.78 is 0.